The Labute approximate surface area is 119 Å². The van der Waals surface area contributed by atoms with E-state index in [1.165, 1.54) is 35.6 Å². The van der Waals surface area contributed by atoms with Crippen LogP contribution in [0.1, 0.15) is 5.56 Å². The molecule has 0 aliphatic rings. The van der Waals surface area contributed by atoms with Crippen molar-refractivity contribution in [3.05, 3.63) is 59.7 Å². The Morgan fingerprint density at radius 3 is 2.75 bits per heavy atom. The highest BCUT2D eigenvalue weighted by molar-refractivity contribution is 7.22. The van der Waals surface area contributed by atoms with E-state index in [9.17, 15) is 8.78 Å². The maximum absolute atomic E-state index is 13.1. The number of hydrogen-bond donors (Lipinski definition) is 1. The lowest BCUT2D eigenvalue weighted by molar-refractivity contribution is 0.625. The van der Waals surface area contributed by atoms with Crippen molar-refractivity contribution in [3.63, 3.8) is 0 Å². The number of aromatic nitrogens is 1. The fourth-order valence-electron chi connectivity index (χ4n) is 1.98. The standard InChI is InChI=1S/C15H12F2N2S/c16-11-3-1-2-10(8-11)6-7-18-15-19-13-9-12(17)4-5-14(13)20-15/h1-5,8-9H,6-7H2,(H,18,19). The molecule has 2 nitrogen and oxygen atoms in total. The first-order valence-corrected chi connectivity index (χ1v) is 7.07. The molecule has 0 saturated heterocycles. The summed E-state index contributed by atoms with van der Waals surface area (Å²) < 4.78 is 27.0. The quantitative estimate of drug-likeness (QED) is 0.778. The molecule has 2 aromatic carbocycles. The van der Waals surface area contributed by atoms with Gasteiger partial charge in [0.1, 0.15) is 11.6 Å². The molecule has 0 bridgehead atoms. The van der Waals surface area contributed by atoms with Crippen molar-refractivity contribution in [1.29, 1.82) is 0 Å². The van der Waals surface area contributed by atoms with Gasteiger partial charge in [-0.15, -0.1) is 0 Å². The number of hydrogen-bond acceptors (Lipinski definition) is 3. The summed E-state index contributed by atoms with van der Waals surface area (Å²) in [5.41, 5.74) is 1.59. The molecular formula is C15H12F2N2S. The maximum Gasteiger partial charge on any atom is 0.183 e. The van der Waals surface area contributed by atoms with Gasteiger partial charge >= 0.3 is 0 Å². The summed E-state index contributed by atoms with van der Waals surface area (Å²) in [4.78, 5) is 4.32. The average molecular weight is 290 g/mol. The Kier molecular flexibility index (Phi) is 3.60. The Morgan fingerprint density at radius 2 is 1.90 bits per heavy atom. The zero-order valence-corrected chi connectivity index (χ0v) is 11.4. The van der Waals surface area contributed by atoms with Crippen LogP contribution in [0.3, 0.4) is 0 Å². The molecule has 0 radical (unpaired) electrons. The number of fused-ring (bicyclic) bond motifs is 1. The van der Waals surface area contributed by atoms with Gasteiger partial charge in [-0.2, -0.15) is 0 Å². The molecule has 1 N–H and O–H groups in total. The second-order valence-corrected chi connectivity index (χ2v) is 5.47. The van der Waals surface area contributed by atoms with Crippen LogP contribution in [0.2, 0.25) is 0 Å². The summed E-state index contributed by atoms with van der Waals surface area (Å²) in [7, 11) is 0. The van der Waals surface area contributed by atoms with Crippen LogP contribution in [0.15, 0.2) is 42.5 Å². The summed E-state index contributed by atoms with van der Waals surface area (Å²) >= 11 is 1.48. The number of benzene rings is 2. The molecule has 102 valence electrons. The number of thiazole rings is 1. The first-order chi connectivity index (χ1) is 9.70. The van der Waals surface area contributed by atoms with Crippen LogP contribution < -0.4 is 5.32 Å². The third kappa shape index (κ3) is 2.93. The highest BCUT2D eigenvalue weighted by Gasteiger charge is 2.04. The molecule has 1 heterocycles. The fourth-order valence-corrected chi connectivity index (χ4v) is 2.85. The zero-order valence-electron chi connectivity index (χ0n) is 10.6. The number of nitrogens with one attached hydrogen (secondary N) is 1. The Balaban J connectivity index is 1.65. The van der Waals surface area contributed by atoms with E-state index in [2.05, 4.69) is 10.3 Å². The first kappa shape index (κ1) is 13.0. The van der Waals surface area contributed by atoms with Crippen LogP contribution >= 0.6 is 11.3 Å². The minimum atomic E-state index is -0.283. The molecule has 0 fully saturated rings. The van der Waals surface area contributed by atoms with Crippen LogP contribution in [0.25, 0.3) is 10.2 Å². The highest BCUT2D eigenvalue weighted by Crippen LogP contribution is 2.26. The summed E-state index contributed by atoms with van der Waals surface area (Å²) in [6.07, 6.45) is 0.710. The van der Waals surface area contributed by atoms with E-state index in [-0.39, 0.29) is 11.6 Å². The van der Waals surface area contributed by atoms with Crippen LogP contribution in [0, 0.1) is 11.6 Å². The van der Waals surface area contributed by atoms with Crippen molar-refractivity contribution in [2.45, 2.75) is 6.42 Å². The number of anilines is 1. The van der Waals surface area contributed by atoms with Crippen LogP contribution in [-0.4, -0.2) is 11.5 Å². The molecule has 3 rings (SSSR count). The molecule has 0 unspecified atom stereocenters. The third-order valence-electron chi connectivity index (χ3n) is 2.93. The van der Waals surface area contributed by atoms with E-state index in [4.69, 9.17) is 0 Å². The molecule has 0 spiro atoms. The van der Waals surface area contributed by atoms with Gasteiger partial charge in [-0.25, -0.2) is 13.8 Å². The third-order valence-corrected chi connectivity index (χ3v) is 3.92. The molecule has 0 amide bonds. The predicted molar refractivity (Wildman–Crippen MR) is 78.2 cm³/mol. The topological polar surface area (TPSA) is 24.9 Å². The van der Waals surface area contributed by atoms with Gasteiger partial charge in [0.15, 0.2) is 5.13 Å². The van der Waals surface area contributed by atoms with Gasteiger partial charge in [-0.3, -0.25) is 0 Å². The van der Waals surface area contributed by atoms with Gasteiger partial charge in [0, 0.05) is 12.6 Å². The van der Waals surface area contributed by atoms with Gasteiger partial charge in [0.25, 0.3) is 0 Å². The highest BCUT2D eigenvalue weighted by atomic mass is 32.1. The smallest absolute Gasteiger partial charge is 0.183 e. The number of nitrogens with zero attached hydrogens (tertiary/aromatic N) is 1. The van der Waals surface area contributed by atoms with Crippen LogP contribution in [0.4, 0.5) is 13.9 Å². The minimum Gasteiger partial charge on any atom is -0.361 e. The summed E-state index contributed by atoms with van der Waals surface area (Å²) in [5, 5.41) is 3.94. The summed E-state index contributed by atoms with van der Waals surface area (Å²) in [6.45, 7) is 0.658. The largest absolute Gasteiger partial charge is 0.361 e. The Morgan fingerprint density at radius 1 is 1.05 bits per heavy atom. The molecule has 3 aromatic rings. The maximum atomic E-state index is 13.1. The van der Waals surface area contributed by atoms with Gasteiger partial charge in [-0.1, -0.05) is 23.5 Å². The van der Waals surface area contributed by atoms with Crippen molar-refractivity contribution >= 4 is 26.7 Å². The summed E-state index contributed by atoms with van der Waals surface area (Å²) in [6, 6.07) is 11.1. The first-order valence-electron chi connectivity index (χ1n) is 6.25. The molecule has 5 heteroatoms. The van der Waals surface area contributed by atoms with Gasteiger partial charge in [0.05, 0.1) is 10.2 Å². The molecule has 0 saturated carbocycles. The van der Waals surface area contributed by atoms with Crippen molar-refractivity contribution < 1.29 is 8.78 Å². The number of rotatable bonds is 4. The van der Waals surface area contributed by atoms with E-state index >= 15 is 0 Å². The van der Waals surface area contributed by atoms with E-state index < -0.39 is 0 Å². The second-order valence-electron chi connectivity index (χ2n) is 4.44. The monoisotopic (exact) mass is 290 g/mol. The summed E-state index contributed by atoms with van der Waals surface area (Å²) in [5.74, 6) is -0.507. The van der Waals surface area contributed by atoms with Gasteiger partial charge in [-0.05, 0) is 36.2 Å². The van der Waals surface area contributed by atoms with E-state index in [0.29, 0.717) is 18.5 Å². The fraction of sp³-hybridized carbons (Fsp3) is 0.133. The minimum absolute atomic E-state index is 0.224. The zero-order chi connectivity index (χ0) is 13.9. The van der Waals surface area contributed by atoms with Gasteiger partial charge in [0.2, 0.25) is 0 Å². The van der Waals surface area contributed by atoms with Crippen molar-refractivity contribution in [1.82, 2.24) is 4.98 Å². The van der Waals surface area contributed by atoms with E-state index in [0.717, 1.165) is 15.4 Å². The molecule has 0 aliphatic carbocycles. The molecular weight excluding hydrogens is 278 g/mol. The molecule has 0 aliphatic heterocycles. The lowest BCUT2D eigenvalue weighted by Gasteiger charge is -2.02. The van der Waals surface area contributed by atoms with E-state index in [1.807, 2.05) is 6.07 Å². The predicted octanol–water partition coefficient (Wildman–Crippen LogP) is 4.23. The number of halogens is 2. The lowest BCUT2D eigenvalue weighted by Crippen LogP contribution is -2.04. The van der Waals surface area contributed by atoms with Crippen LogP contribution in [0.5, 0.6) is 0 Å². The lowest BCUT2D eigenvalue weighted by atomic mass is 10.1. The average Bonchev–Trinajstić information content (AvgIpc) is 2.80. The van der Waals surface area contributed by atoms with Crippen molar-refractivity contribution in [3.8, 4) is 0 Å². The van der Waals surface area contributed by atoms with Crippen molar-refractivity contribution in [2.24, 2.45) is 0 Å². The molecule has 1 aromatic heterocycles. The van der Waals surface area contributed by atoms with Crippen LogP contribution in [-0.2, 0) is 6.42 Å². The van der Waals surface area contributed by atoms with E-state index in [1.54, 1.807) is 12.1 Å². The molecule has 20 heavy (non-hydrogen) atoms. The SMILES string of the molecule is Fc1cccc(CCNc2nc3cc(F)ccc3s2)c1. The van der Waals surface area contributed by atoms with Crippen molar-refractivity contribution in [2.75, 3.05) is 11.9 Å². The Hall–Kier alpha value is -2.01. The Bertz CT molecular complexity index is 740. The normalized spacial score (nSPS) is 10.9. The second kappa shape index (κ2) is 5.54. The molecule has 0 atom stereocenters. The van der Waals surface area contributed by atoms with Gasteiger partial charge < -0.3 is 5.32 Å².